The molecule has 0 spiro atoms. The molecule has 33 heavy (non-hydrogen) atoms. The zero-order valence-electron chi connectivity index (χ0n) is 20.9. The van der Waals surface area contributed by atoms with E-state index in [-0.39, 0.29) is 0 Å². The monoisotopic (exact) mass is 468 g/mol. The summed E-state index contributed by atoms with van der Waals surface area (Å²) in [5, 5.41) is 8.44. The molecule has 7 heteroatoms. The summed E-state index contributed by atoms with van der Waals surface area (Å²) in [6, 6.07) is 4.15. The zero-order valence-corrected chi connectivity index (χ0v) is 21.7. The maximum atomic E-state index is 5.70. The zero-order chi connectivity index (χ0) is 24.2. The topological polar surface area (TPSA) is 68.1 Å². The summed E-state index contributed by atoms with van der Waals surface area (Å²) in [6.45, 7) is 12.5. The molecular weight excluding hydrogens is 432 g/mol. The van der Waals surface area contributed by atoms with Crippen LogP contribution in [-0.4, -0.2) is 30.2 Å². The van der Waals surface area contributed by atoms with Crippen LogP contribution >= 0.6 is 11.3 Å². The maximum absolute atomic E-state index is 5.70. The molecule has 0 saturated carbocycles. The van der Waals surface area contributed by atoms with Crippen LogP contribution in [0.1, 0.15) is 63.0 Å². The van der Waals surface area contributed by atoms with Crippen molar-refractivity contribution in [1.29, 1.82) is 0 Å². The largest absolute Gasteiger partial charge is 0.496 e. The lowest BCUT2D eigenvalue weighted by Gasteiger charge is -2.15. The van der Waals surface area contributed by atoms with Crippen LogP contribution < -0.4 is 10.1 Å². The highest BCUT2D eigenvalue weighted by atomic mass is 32.1. The van der Waals surface area contributed by atoms with Crippen LogP contribution in [-0.2, 0) is 4.84 Å². The third-order valence-electron chi connectivity index (χ3n) is 4.67. The fraction of sp³-hybridized carbons (Fsp3) is 0.423. The van der Waals surface area contributed by atoms with Crippen molar-refractivity contribution in [2.75, 3.05) is 13.7 Å². The number of methoxy groups -OCH3 is 1. The summed E-state index contributed by atoms with van der Waals surface area (Å²) in [5.74, 6) is 2.26. The summed E-state index contributed by atoms with van der Waals surface area (Å²) in [4.78, 5) is 16.2. The molecule has 0 aliphatic rings. The van der Waals surface area contributed by atoms with Crippen LogP contribution in [0.4, 0.5) is 0 Å². The Balaban J connectivity index is 2.52. The Labute approximate surface area is 202 Å². The third-order valence-corrected chi connectivity index (χ3v) is 5.63. The minimum absolute atomic E-state index is 0.372. The van der Waals surface area contributed by atoms with Crippen molar-refractivity contribution in [2.24, 2.45) is 10.1 Å². The predicted molar refractivity (Wildman–Crippen MR) is 140 cm³/mol. The molecular formula is C26H36N4O2S. The first-order valence-corrected chi connectivity index (χ1v) is 12.2. The van der Waals surface area contributed by atoms with Gasteiger partial charge in [-0.2, -0.15) is 0 Å². The number of nitrogens with one attached hydrogen (secondary N) is 1. The molecule has 0 unspecified atom stereocenters. The molecule has 1 heterocycles. The number of benzene rings is 1. The van der Waals surface area contributed by atoms with E-state index in [1.54, 1.807) is 18.4 Å². The quantitative estimate of drug-likeness (QED) is 0.171. The van der Waals surface area contributed by atoms with Crippen LogP contribution in [0.25, 0.3) is 10.6 Å². The number of ether oxygens (including phenoxy) is 1. The van der Waals surface area contributed by atoms with E-state index in [1.165, 1.54) is 4.88 Å². The average molecular weight is 469 g/mol. The molecule has 2 rings (SSSR count). The van der Waals surface area contributed by atoms with Crippen LogP contribution in [0.2, 0.25) is 0 Å². The van der Waals surface area contributed by atoms with Gasteiger partial charge in [0.2, 0.25) is 0 Å². The van der Waals surface area contributed by atoms with E-state index in [2.05, 4.69) is 48.4 Å². The summed E-state index contributed by atoms with van der Waals surface area (Å²) in [7, 11) is 1.69. The molecule has 0 bridgehead atoms. The van der Waals surface area contributed by atoms with E-state index in [1.807, 2.05) is 45.3 Å². The molecule has 1 aromatic carbocycles. The van der Waals surface area contributed by atoms with Gasteiger partial charge in [0.25, 0.3) is 0 Å². The molecule has 0 radical (unpaired) electrons. The molecule has 0 saturated heterocycles. The van der Waals surface area contributed by atoms with Crippen molar-refractivity contribution in [3.8, 4) is 16.3 Å². The highest BCUT2D eigenvalue weighted by molar-refractivity contribution is 7.14. The summed E-state index contributed by atoms with van der Waals surface area (Å²) in [5.41, 5.74) is 3.83. The van der Waals surface area contributed by atoms with Crippen molar-refractivity contribution < 1.29 is 9.57 Å². The normalized spacial score (nSPS) is 12.2. The van der Waals surface area contributed by atoms with Gasteiger partial charge < -0.3 is 14.9 Å². The number of thiazole rings is 1. The first-order chi connectivity index (χ1) is 15.9. The van der Waals surface area contributed by atoms with Gasteiger partial charge in [0, 0.05) is 27.8 Å². The van der Waals surface area contributed by atoms with E-state index >= 15 is 0 Å². The summed E-state index contributed by atoms with van der Waals surface area (Å²) >= 11 is 1.66. The van der Waals surface area contributed by atoms with Crippen LogP contribution in [0.15, 0.2) is 52.6 Å². The first kappa shape index (κ1) is 26.3. The number of hydrogen-bond donors (Lipinski definition) is 1. The van der Waals surface area contributed by atoms with Crippen molar-refractivity contribution >= 4 is 22.9 Å². The van der Waals surface area contributed by atoms with E-state index in [4.69, 9.17) is 14.6 Å². The second-order valence-corrected chi connectivity index (χ2v) is 9.07. The van der Waals surface area contributed by atoms with E-state index in [0.717, 1.165) is 58.3 Å². The number of aromatic nitrogens is 1. The lowest BCUT2D eigenvalue weighted by atomic mass is 10.0. The van der Waals surface area contributed by atoms with Gasteiger partial charge in [-0.15, -0.1) is 11.3 Å². The van der Waals surface area contributed by atoms with Gasteiger partial charge in [0.05, 0.1) is 12.8 Å². The smallest absolute Gasteiger partial charge is 0.152 e. The number of nitrogens with zero attached hydrogens (tertiary/aromatic N) is 3. The van der Waals surface area contributed by atoms with E-state index < -0.39 is 0 Å². The van der Waals surface area contributed by atoms with Gasteiger partial charge in [0.1, 0.15) is 23.1 Å². The SMILES string of the molecule is CC/C=C(\CN=C(N/C=C/CCC)c1cc(-c2ncc(C)s2)cc(OC)c1C)ON=C(C)C. The minimum Gasteiger partial charge on any atom is -0.496 e. The lowest BCUT2D eigenvalue weighted by Crippen LogP contribution is -2.21. The standard InChI is InChI=1S/C26H36N4O2S/c1-8-10-11-13-27-25(28-17-22(12-9-2)32-30-18(3)4)23-14-21(15-24(31-7)20(23)6)26-29-16-19(5)33-26/h11-16H,8-10,17H2,1-7H3,(H,27,28)/b13-11+,22-12+. The molecule has 2 aromatic rings. The van der Waals surface area contributed by atoms with Crippen molar-refractivity contribution in [2.45, 2.75) is 60.8 Å². The molecule has 178 valence electrons. The van der Waals surface area contributed by atoms with Gasteiger partial charge in [-0.05, 0) is 64.9 Å². The number of rotatable bonds is 11. The fourth-order valence-electron chi connectivity index (χ4n) is 3.02. The van der Waals surface area contributed by atoms with Crippen molar-refractivity contribution in [1.82, 2.24) is 10.3 Å². The Morgan fingerprint density at radius 1 is 1.21 bits per heavy atom. The molecule has 0 aliphatic heterocycles. The van der Waals surface area contributed by atoms with Crippen molar-refractivity contribution in [3.63, 3.8) is 0 Å². The molecule has 6 nitrogen and oxygen atoms in total. The number of amidine groups is 1. The highest BCUT2D eigenvalue weighted by Crippen LogP contribution is 2.32. The Kier molecular flexibility index (Phi) is 10.8. The second kappa shape index (κ2) is 13.6. The van der Waals surface area contributed by atoms with Crippen LogP contribution in [0.3, 0.4) is 0 Å². The van der Waals surface area contributed by atoms with Crippen LogP contribution in [0.5, 0.6) is 5.75 Å². The summed E-state index contributed by atoms with van der Waals surface area (Å²) < 4.78 is 5.70. The van der Waals surface area contributed by atoms with E-state index in [9.17, 15) is 0 Å². The highest BCUT2D eigenvalue weighted by Gasteiger charge is 2.15. The molecule has 1 aromatic heterocycles. The van der Waals surface area contributed by atoms with Crippen LogP contribution in [0, 0.1) is 13.8 Å². The second-order valence-electron chi connectivity index (χ2n) is 7.84. The number of aryl methyl sites for hydroxylation is 1. The average Bonchev–Trinajstić information content (AvgIpc) is 3.23. The third kappa shape index (κ3) is 8.17. The van der Waals surface area contributed by atoms with Gasteiger partial charge in [-0.3, -0.25) is 4.99 Å². The number of aliphatic imine (C=N–C) groups is 1. The molecule has 0 fully saturated rings. The number of oxime groups is 1. The maximum Gasteiger partial charge on any atom is 0.152 e. The summed E-state index contributed by atoms with van der Waals surface area (Å²) in [6.07, 6.45) is 10.9. The molecule has 0 atom stereocenters. The van der Waals surface area contributed by atoms with Crippen molar-refractivity contribution in [3.05, 3.63) is 58.4 Å². The van der Waals surface area contributed by atoms with Gasteiger partial charge in [0.15, 0.2) is 5.76 Å². The van der Waals surface area contributed by atoms with E-state index in [0.29, 0.717) is 12.3 Å². The Hall–Kier alpha value is -2.93. The lowest BCUT2D eigenvalue weighted by molar-refractivity contribution is 0.223. The molecule has 0 amide bonds. The van der Waals surface area contributed by atoms with Gasteiger partial charge >= 0.3 is 0 Å². The van der Waals surface area contributed by atoms with Gasteiger partial charge in [-0.1, -0.05) is 31.5 Å². The first-order valence-electron chi connectivity index (χ1n) is 11.3. The minimum atomic E-state index is 0.372. The Morgan fingerprint density at radius 2 is 2.00 bits per heavy atom. The molecule has 0 aliphatic carbocycles. The number of allylic oxidation sites excluding steroid dienone is 2. The number of hydrogen-bond acceptors (Lipinski definition) is 6. The number of unbranched alkanes of at least 4 members (excludes halogenated alkanes) is 1. The Bertz CT molecular complexity index is 1030. The fourth-order valence-corrected chi connectivity index (χ4v) is 3.77. The predicted octanol–water partition coefficient (Wildman–Crippen LogP) is 6.79. The molecule has 1 N–H and O–H groups in total. The van der Waals surface area contributed by atoms with Gasteiger partial charge in [-0.25, -0.2) is 4.98 Å². The Morgan fingerprint density at radius 3 is 2.61 bits per heavy atom.